The number of primary amides is 1. The Kier molecular flexibility index (Phi) is 4.22. The molecular formula is C14H17FN2O3. The third-order valence-corrected chi connectivity index (χ3v) is 3.64. The molecule has 1 aliphatic heterocycles. The molecule has 0 bridgehead atoms. The van der Waals surface area contributed by atoms with Crippen molar-refractivity contribution < 1.29 is 19.1 Å². The Labute approximate surface area is 116 Å². The van der Waals surface area contributed by atoms with Crippen LogP contribution in [0.25, 0.3) is 0 Å². The molecule has 0 spiro atoms. The summed E-state index contributed by atoms with van der Waals surface area (Å²) < 4.78 is 13.9. The highest BCUT2D eigenvalue weighted by Crippen LogP contribution is 2.30. The first-order chi connectivity index (χ1) is 9.49. The third kappa shape index (κ3) is 3.07. The molecule has 0 saturated carbocycles. The van der Waals surface area contributed by atoms with Crippen molar-refractivity contribution in [3.05, 3.63) is 29.6 Å². The lowest BCUT2D eigenvalue weighted by Gasteiger charge is -2.34. The fourth-order valence-corrected chi connectivity index (χ4v) is 2.65. The molecule has 1 amide bonds. The largest absolute Gasteiger partial charge is 0.478 e. The quantitative estimate of drug-likeness (QED) is 0.877. The number of amides is 1. The number of carbonyl (C=O) groups excluding carboxylic acids is 1. The van der Waals surface area contributed by atoms with E-state index in [2.05, 4.69) is 0 Å². The number of carbonyl (C=O) groups is 2. The molecule has 0 aliphatic carbocycles. The number of carboxylic acids is 1. The van der Waals surface area contributed by atoms with E-state index in [9.17, 15) is 14.0 Å². The zero-order valence-electron chi connectivity index (χ0n) is 11.0. The fraction of sp³-hybridized carbons (Fsp3) is 0.429. The smallest absolute Gasteiger partial charge is 0.337 e. The Morgan fingerprint density at radius 1 is 1.35 bits per heavy atom. The van der Waals surface area contributed by atoms with Crippen LogP contribution in [-0.4, -0.2) is 30.1 Å². The summed E-state index contributed by atoms with van der Waals surface area (Å²) in [7, 11) is 0. The maximum Gasteiger partial charge on any atom is 0.337 e. The molecule has 0 aromatic heterocycles. The minimum absolute atomic E-state index is 0.0293. The number of para-hydroxylation sites is 1. The van der Waals surface area contributed by atoms with Crippen LogP contribution in [0.1, 0.15) is 29.6 Å². The number of piperidine rings is 1. The summed E-state index contributed by atoms with van der Waals surface area (Å²) in [6.45, 7) is 1.05. The van der Waals surface area contributed by atoms with E-state index in [-0.39, 0.29) is 23.1 Å². The van der Waals surface area contributed by atoms with E-state index in [1.165, 1.54) is 18.2 Å². The minimum atomic E-state index is -1.14. The van der Waals surface area contributed by atoms with Crippen molar-refractivity contribution in [1.82, 2.24) is 0 Å². The van der Waals surface area contributed by atoms with Crippen LogP contribution in [0, 0.1) is 11.7 Å². The van der Waals surface area contributed by atoms with Gasteiger partial charge in [0.2, 0.25) is 5.91 Å². The summed E-state index contributed by atoms with van der Waals surface area (Å²) in [5.41, 5.74) is 5.27. The molecule has 3 N–H and O–H groups in total. The van der Waals surface area contributed by atoms with Gasteiger partial charge < -0.3 is 15.7 Å². The van der Waals surface area contributed by atoms with Crippen molar-refractivity contribution in [1.29, 1.82) is 0 Å². The second-order valence-electron chi connectivity index (χ2n) is 5.04. The highest BCUT2D eigenvalue weighted by Gasteiger charge is 2.25. The number of hydrogen-bond donors (Lipinski definition) is 2. The van der Waals surface area contributed by atoms with Crippen LogP contribution in [-0.2, 0) is 4.79 Å². The van der Waals surface area contributed by atoms with E-state index in [1.54, 1.807) is 4.90 Å². The van der Waals surface area contributed by atoms with Gasteiger partial charge in [-0.1, -0.05) is 6.07 Å². The molecule has 2 rings (SSSR count). The summed E-state index contributed by atoms with van der Waals surface area (Å²) in [6, 6.07) is 4.05. The van der Waals surface area contributed by atoms with Gasteiger partial charge in [0.25, 0.3) is 0 Å². The lowest BCUT2D eigenvalue weighted by molar-refractivity contribution is -0.119. The highest BCUT2D eigenvalue weighted by atomic mass is 19.1. The predicted molar refractivity (Wildman–Crippen MR) is 72.1 cm³/mol. The topological polar surface area (TPSA) is 83.6 Å². The van der Waals surface area contributed by atoms with Gasteiger partial charge in [-0.15, -0.1) is 0 Å². The molecule has 5 nitrogen and oxygen atoms in total. The fourth-order valence-electron chi connectivity index (χ4n) is 2.65. The van der Waals surface area contributed by atoms with Crippen molar-refractivity contribution in [3.8, 4) is 0 Å². The SMILES string of the molecule is NC(=O)CC1CCN(c2c(F)cccc2C(=O)O)CC1. The van der Waals surface area contributed by atoms with E-state index < -0.39 is 11.8 Å². The summed E-state index contributed by atoms with van der Waals surface area (Å²) in [5, 5.41) is 9.14. The number of nitrogens with zero attached hydrogens (tertiary/aromatic N) is 1. The normalized spacial score (nSPS) is 16.1. The number of benzene rings is 1. The van der Waals surface area contributed by atoms with Crippen LogP contribution in [0.4, 0.5) is 10.1 Å². The number of halogens is 1. The van der Waals surface area contributed by atoms with Crippen LogP contribution < -0.4 is 10.6 Å². The highest BCUT2D eigenvalue weighted by molar-refractivity contribution is 5.94. The molecule has 0 radical (unpaired) electrons. The molecule has 1 saturated heterocycles. The Morgan fingerprint density at radius 3 is 2.55 bits per heavy atom. The molecule has 1 fully saturated rings. The molecule has 0 unspecified atom stereocenters. The van der Waals surface area contributed by atoms with Gasteiger partial charge in [-0.25, -0.2) is 9.18 Å². The molecule has 1 heterocycles. The van der Waals surface area contributed by atoms with Gasteiger partial charge in [-0.3, -0.25) is 4.79 Å². The second kappa shape index (κ2) is 5.90. The third-order valence-electron chi connectivity index (χ3n) is 3.64. The van der Waals surface area contributed by atoms with Crippen molar-refractivity contribution in [2.75, 3.05) is 18.0 Å². The Morgan fingerprint density at radius 2 is 2.00 bits per heavy atom. The second-order valence-corrected chi connectivity index (χ2v) is 5.04. The van der Waals surface area contributed by atoms with Gasteiger partial charge in [0.15, 0.2) is 0 Å². The first-order valence-corrected chi connectivity index (χ1v) is 6.54. The molecule has 1 aromatic rings. The Balaban J connectivity index is 2.14. The van der Waals surface area contributed by atoms with Gasteiger partial charge in [-0.05, 0) is 30.9 Å². The molecule has 6 heteroatoms. The van der Waals surface area contributed by atoms with Crippen molar-refractivity contribution >= 4 is 17.6 Å². The first-order valence-electron chi connectivity index (χ1n) is 6.54. The minimum Gasteiger partial charge on any atom is -0.478 e. The lowest BCUT2D eigenvalue weighted by atomic mass is 9.92. The van der Waals surface area contributed by atoms with Gasteiger partial charge in [0.1, 0.15) is 5.82 Å². The Bertz CT molecular complexity index is 525. The number of aromatic carboxylic acids is 1. The standard InChI is InChI=1S/C14H17FN2O3/c15-11-3-1-2-10(14(19)20)13(11)17-6-4-9(5-7-17)8-12(16)18/h1-3,9H,4-8H2,(H2,16,18)(H,19,20). The van der Waals surface area contributed by atoms with Crippen LogP contribution in [0.5, 0.6) is 0 Å². The zero-order chi connectivity index (χ0) is 14.7. The van der Waals surface area contributed by atoms with Gasteiger partial charge >= 0.3 is 5.97 Å². The summed E-state index contributed by atoms with van der Waals surface area (Å²) in [5.74, 6) is -1.80. The number of anilines is 1. The Hall–Kier alpha value is -2.11. The van der Waals surface area contributed by atoms with Gasteiger partial charge in [-0.2, -0.15) is 0 Å². The molecule has 1 aliphatic rings. The summed E-state index contributed by atoms with van der Waals surface area (Å²) in [6.07, 6.45) is 1.74. The van der Waals surface area contributed by atoms with Crippen LogP contribution in [0.15, 0.2) is 18.2 Å². The van der Waals surface area contributed by atoms with Crippen molar-refractivity contribution in [3.63, 3.8) is 0 Å². The monoisotopic (exact) mass is 280 g/mol. The lowest BCUT2D eigenvalue weighted by Crippen LogP contribution is -2.36. The van der Waals surface area contributed by atoms with E-state index in [1.807, 2.05) is 0 Å². The molecule has 20 heavy (non-hydrogen) atoms. The van der Waals surface area contributed by atoms with Crippen LogP contribution in [0.3, 0.4) is 0 Å². The van der Waals surface area contributed by atoms with E-state index in [0.29, 0.717) is 32.4 Å². The zero-order valence-corrected chi connectivity index (χ0v) is 11.0. The summed E-state index contributed by atoms with van der Waals surface area (Å²) in [4.78, 5) is 23.8. The molecular weight excluding hydrogens is 263 g/mol. The maximum absolute atomic E-state index is 13.9. The summed E-state index contributed by atoms with van der Waals surface area (Å²) >= 11 is 0. The maximum atomic E-state index is 13.9. The molecule has 108 valence electrons. The van der Waals surface area contributed by atoms with Crippen molar-refractivity contribution in [2.24, 2.45) is 11.7 Å². The van der Waals surface area contributed by atoms with Gasteiger partial charge in [0, 0.05) is 19.5 Å². The number of hydrogen-bond acceptors (Lipinski definition) is 3. The number of carboxylic acid groups (broad SMARTS) is 1. The van der Waals surface area contributed by atoms with Crippen LogP contribution in [0.2, 0.25) is 0 Å². The van der Waals surface area contributed by atoms with E-state index in [4.69, 9.17) is 10.8 Å². The average Bonchev–Trinajstić information content (AvgIpc) is 2.39. The molecule has 1 aromatic carbocycles. The average molecular weight is 280 g/mol. The predicted octanol–water partition coefficient (Wildman–Crippen LogP) is 1.62. The van der Waals surface area contributed by atoms with Gasteiger partial charge in [0.05, 0.1) is 11.3 Å². The first kappa shape index (κ1) is 14.3. The number of rotatable bonds is 4. The van der Waals surface area contributed by atoms with E-state index >= 15 is 0 Å². The molecule has 0 atom stereocenters. The number of nitrogens with two attached hydrogens (primary N) is 1. The van der Waals surface area contributed by atoms with E-state index in [0.717, 1.165) is 0 Å². The van der Waals surface area contributed by atoms with Crippen LogP contribution >= 0.6 is 0 Å². The van der Waals surface area contributed by atoms with Crippen molar-refractivity contribution in [2.45, 2.75) is 19.3 Å².